The Hall–Kier alpha value is -1.33. The van der Waals surface area contributed by atoms with Crippen molar-refractivity contribution in [2.24, 2.45) is 0 Å². The number of nitrogens with zero attached hydrogens (tertiary/aromatic N) is 2. The van der Waals surface area contributed by atoms with Crippen LogP contribution in [0.1, 0.15) is 5.56 Å². The van der Waals surface area contributed by atoms with Gasteiger partial charge in [-0.05, 0) is 40.5 Å². The molecule has 6 heteroatoms. The first-order chi connectivity index (χ1) is 8.60. The van der Waals surface area contributed by atoms with Crippen LogP contribution in [0.5, 0.6) is 0 Å². The van der Waals surface area contributed by atoms with Crippen molar-refractivity contribution < 1.29 is 0 Å². The Morgan fingerprint density at radius 1 is 1.33 bits per heavy atom. The van der Waals surface area contributed by atoms with Crippen LogP contribution in [-0.2, 0) is 0 Å². The molecule has 0 radical (unpaired) electrons. The molecule has 0 amide bonds. The number of rotatable bonds is 3. The van der Waals surface area contributed by atoms with Gasteiger partial charge in [0.25, 0.3) is 0 Å². The lowest BCUT2D eigenvalue weighted by Crippen LogP contribution is -2.01. The van der Waals surface area contributed by atoms with E-state index in [2.05, 4.69) is 36.5 Å². The Labute approximate surface area is 119 Å². The summed E-state index contributed by atoms with van der Waals surface area (Å²) in [5.41, 5.74) is 2.08. The van der Waals surface area contributed by atoms with Gasteiger partial charge in [0.2, 0.25) is 5.95 Å². The predicted octanol–water partition coefficient (Wildman–Crippen LogP) is 3.99. The molecule has 0 atom stereocenters. The highest BCUT2D eigenvalue weighted by Crippen LogP contribution is 2.29. The first-order valence-electron chi connectivity index (χ1n) is 5.33. The standard InChI is InChI=1S/C12H12BrClN4/c1-7-3-4-10(8(13)5-7)17-11-9(14)6-16-12(15-2)18-11/h3-6H,1-2H3,(H2,15,16,17,18). The monoisotopic (exact) mass is 326 g/mol. The molecule has 2 N–H and O–H groups in total. The summed E-state index contributed by atoms with van der Waals surface area (Å²) in [6.45, 7) is 2.03. The maximum Gasteiger partial charge on any atom is 0.224 e. The summed E-state index contributed by atoms with van der Waals surface area (Å²) < 4.78 is 0.961. The van der Waals surface area contributed by atoms with Crippen molar-refractivity contribution in [1.82, 2.24) is 9.97 Å². The van der Waals surface area contributed by atoms with Gasteiger partial charge < -0.3 is 10.6 Å². The third-order valence-corrected chi connectivity index (χ3v) is 3.28. The number of nitrogens with one attached hydrogen (secondary N) is 2. The third kappa shape index (κ3) is 2.91. The van der Waals surface area contributed by atoms with Gasteiger partial charge in [0.05, 0.1) is 11.9 Å². The highest BCUT2D eigenvalue weighted by molar-refractivity contribution is 9.10. The van der Waals surface area contributed by atoms with Gasteiger partial charge in [0.15, 0.2) is 5.82 Å². The molecular weight excluding hydrogens is 316 g/mol. The van der Waals surface area contributed by atoms with Crippen molar-refractivity contribution in [1.29, 1.82) is 0 Å². The van der Waals surface area contributed by atoms with E-state index >= 15 is 0 Å². The van der Waals surface area contributed by atoms with Crippen LogP contribution in [0, 0.1) is 6.92 Å². The van der Waals surface area contributed by atoms with E-state index < -0.39 is 0 Å². The molecule has 1 aromatic heterocycles. The molecule has 0 saturated carbocycles. The summed E-state index contributed by atoms with van der Waals surface area (Å²) in [5, 5.41) is 6.52. The number of benzene rings is 1. The van der Waals surface area contributed by atoms with E-state index in [4.69, 9.17) is 11.6 Å². The molecule has 18 heavy (non-hydrogen) atoms. The summed E-state index contributed by atoms with van der Waals surface area (Å²) in [4.78, 5) is 8.29. The van der Waals surface area contributed by atoms with Crippen molar-refractivity contribution >= 4 is 45.0 Å². The molecular formula is C12H12BrClN4. The normalized spacial score (nSPS) is 10.2. The van der Waals surface area contributed by atoms with Crippen LogP contribution in [0.25, 0.3) is 0 Å². The molecule has 0 bridgehead atoms. The molecule has 4 nitrogen and oxygen atoms in total. The summed E-state index contributed by atoms with van der Waals surface area (Å²) >= 11 is 9.56. The molecule has 0 saturated heterocycles. The molecule has 0 spiro atoms. The van der Waals surface area contributed by atoms with Crippen molar-refractivity contribution in [2.45, 2.75) is 6.92 Å². The lowest BCUT2D eigenvalue weighted by atomic mass is 10.2. The average Bonchev–Trinajstić information content (AvgIpc) is 2.35. The van der Waals surface area contributed by atoms with E-state index in [1.165, 1.54) is 5.56 Å². The van der Waals surface area contributed by atoms with E-state index in [1.54, 1.807) is 13.2 Å². The number of hydrogen-bond acceptors (Lipinski definition) is 4. The largest absolute Gasteiger partial charge is 0.357 e. The van der Waals surface area contributed by atoms with Gasteiger partial charge in [0, 0.05) is 11.5 Å². The number of hydrogen-bond donors (Lipinski definition) is 2. The van der Waals surface area contributed by atoms with Gasteiger partial charge >= 0.3 is 0 Å². The summed E-state index contributed by atoms with van der Waals surface area (Å²) in [6.07, 6.45) is 1.56. The maximum atomic E-state index is 6.06. The minimum atomic E-state index is 0.474. The Morgan fingerprint density at radius 2 is 2.11 bits per heavy atom. The fraction of sp³-hybridized carbons (Fsp3) is 0.167. The van der Waals surface area contributed by atoms with Crippen LogP contribution < -0.4 is 10.6 Å². The van der Waals surface area contributed by atoms with Crippen molar-refractivity contribution in [3.05, 3.63) is 39.5 Å². The number of anilines is 3. The van der Waals surface area contributed by atoms with E-state index in [1.807, 2.05) is 25.1 Å². The van der Waals surface area contributed by atoms with E-state index in [9.17, 15) is 0 Å². The van der Waals surface area contributed by atoms with Gasteiger partial charge in [-0.15, -0.1) is 0 Å². The molecule has 0 fully saturated rings. The van der Waals surface area contributed by atoms with Gasteiger partial charge in [-0.1, -0.05) is 17.7 Å². The van der Waals surface area contributed by atoms with Crippen LogP contribution >= 0.6 is 27.5 Å². The van der Waals surface area contributed by atoms with Crippen molar-refractivity contribution in [3.8, 4) is 0 Å². The lowest BCUT2D eigenvalue weighted by Gasteiger charge is -2.10. The zero-order chi connectivity index (χ0) is 13.1. The Bertz CT molecular complexity index is 574. The molecule has 0 unspecified atom stereocenters. The maximum absolute atomic E-state index is 6.06. The minimum Gasteiger partial charge on any atom is -0.357 e. The Kier molecular flexibility index (Phi) is 4.04. The summed E-state index contributed by atoms with van der Waals surface area (Å²) in [7, 11) is 1.76. The average molecular weight is 328 g/mol. The van der Waals surface area contributed by atoms with Crippen LogP contribution in [0.3, 0.4) is 0 Å². The number of aromatic nitrogens is 2. The molecule has 2 aromatic rings. The van der Waals surface area contributed by atoms with Crippen molar-refractivity contribution in [3.63, 3.8) is 0 Å². The van der Waals surface area contributed by atoms with Gasteiger partial charge in [-0.25, -0.2) is 4.98 Å². The molecule has 94 valence electrons. The Morgan fingerprint density at radius 3 is 2.78 bits per heavy atom. The van der Waals surface area contributed by atoms with Gasteiger partial charge in [-0.2, -0.15) is 4.98 Å². The Balaban J connectivity index is 2.33. The summed E-state index contributed by atoms with van der Waals surface area (Å²) in [6, 6.07) is 6.01. The van der Waals surface area contributed by atoms with Gasteiger partial charge in [-0.3, -0.25) is 0 Å². The van der Waals surface area contributed by atoms with Crippen LogP contribution in [0.2, 0.25) is 5.02 Å². The highest BCUT2D eigenvalue weighted by atomic mass is 79.9. The van der Waals surface area contributed by atoms with Crippen LogP contribution in [0.15, 0.2) is 28.9 Å². The molecule has 1 aromatic carbocycles. The quantitative estimate of drug-likeness (QED) is 0.895. The van der Waals surface area contributed by atoms with E-state index in [0.29, 0.717) is 16.8 Å². The van der Waals surface area contributed by atoms with E-state index in [-0.39, 0.29) is 0 Å². The molecule has 0 aliphatic carbocycles. The number of aryl methyl sites for hydroxylation is 1. The zero-order valence-electron chi connectivity index (χ0n) is 9.96. The number of halogens is 2. The second-order valence-corrected chi connectivity index (χ2v) is 5.01. The first kappa shape index (κ1) is 13.1. The van der Waals surface area contributed by atoms with Crippen molar-refractivity contribution in [2.75, 3.05) is 17.7 Å². The second kappa shape index (κ2) is 5.54. The lowest BCUT2D eigenvalue weighted by molar-refractivity contribution is 1.15. The highest BCUT2D eigenvalue weighted by Gasteiger charge is 2.07. The van der Waals surface area contributed by atoms with Crippen LogP contribution in [-0.4, -0.2) is 17.0 Å². The SMILES string of the molecule is CNc1ncc(Cl)c(Nc2ccc(C)cc2Br)n1. The second-order valence-electron chi connectivity index (χ2n) is 3.75. The predicted molar refractivity (Wildman–Crippen MR) is 78.8 cm³/mol. The minimum absolute atomic E-state index is 0.474. The fourth-order valence-electron chi connectivity index (χ4n) is 1.42. The van der Waals surface area contributed by atoms with Gasteiger partial charge in [0.1, 0.15) is 5.02 Å². The molecule has 1 heterocycles. The smallest absolute Gasteiger partial charge is 0.224 e. The fourth-order valence-corrected chi connectivity index (χ4v) is 2.15. The third-order valence-electron chi connectivity index (χ3n) is 2.35. The molecule has 2 rings (SSSR count). The molecule has 0 aliphatic heterocycles. The first-order valence-corrected chi connectivity index (χ1v) is 6.50. The topological polar surface area (TPSA) is 49.8 Å². The zero-order valence-corrected chi connectivity index (χ0v) is 12.3. The van der Waals surface area contributed by atoms with E-state index in [0.717, 1.165) is 10.2 Å². The summed E-state index contributed by atoms with van der Waals surface area (Å²) in [5.74, 6) is 1.09. The molecule has 0 aliphatic rings. The van der Waals surface area contributed by atoms with Crippen LogP contribution in [0.4, 0.5) is 17.5 Å².